The largest absolute Gasteiger partial charge is 0.502 e. The molecule has 1 saturated heterocycles. The van der Waals surface area contributed by atoms with Crippen molar-refractivity contribution >= 4 is 5.97 Å². The van der Waals surface area contributed by atoms with E-state index in [2.05, 4.69) is 17.2 Å². The number of methoxy groups -OCH3 is 2. The Morgan fingerprint density at radius 1 is 1.03 bits per heavy atom. The summed E-state index contributed by atoms with van der Waals surface area (Å²) in [6, 6.07) is 7.16. The summed E-state index contributed by atoms with van der Waals surface area (Å²) in [5.74, 6) is 0.334. The lowest BCUT2D eigenvalue weighted by Crippen LogP contribution is -2.37. The third-order valence-corrected chi connectivity index (χ3v) is 7.89. The quantitative estimate of drug-likeness (QED) is 0.347. The van der Waals surface area contributed by atoms with Crippen LogP contribution in [0.15, 0.2) is 30.5 Å². The van der Waals surface area contributed by atoms with Gasteiger partial charge in [0, 0.05) is 18.0 Å². The smallest absolute Gasteiger partial charge is 0.310 e. The number of aromatic nitrogens is 3. The fourth-order valence-corrected chi connectivity index (χ4v) is 6.09. The number of fused-ring (bicyclic) bond motifs is 3. The van der Waals surface area contributed by atoms with Crippen LogP contribution in [0, 0.1) is 11.8 Å². The molecule has 0 unspecified atom stereocenters. The van der Waals surface area contributed by atoms with Crippen molar-refractivity contribution in [1.29, 1.82) is 0 Å². The SMILES string of the molecule is CCCCCc1cn([C@@H]2c3cc4c(cc3[C@@H](c3cc(OC)c(O)c(OC)c3)[C@H]3C(=O)OC[C@@H]32)OCO4)nn1. The molecule has 3 aromatic rings. The van der Waals surface area contributed by atoms with Crippen molar-refractivity contribution < 1.29 is 33.6 Å². The molecular formula is C28H31N3O7. The molecule has 38 heavy (non-hydrogen) atoms. The minimum absolute atomic E-state index is 0.0953. The van der Waals surface area contributed by atoms with Crippen LogP contribution in [0.2, 0.25) is 0 Å². The van der Waals surface area contributed by atoms with Gasteiger partial charge in [-0.25, -0.2) is 4.68 Å². The molecule has 0 bridgehead atoms. The zero-order valence-corrected chi connectivity index (χ0v) is 21.7. The molecule has 0 amide bonds. The number of aromatic hydroxyl groups is 1. The topological polar surface area (TPSA) is 114 Å². The number of rotatable bonds is 8. The molecule has 2 aliphatic heterocycles. The maximum atomic E-state index is 13.3. The minimum atomic E-state index is -0.500. The van der Waals surface area contributed by atoms with Gasteiger partial charge in [-0.3, -0.25) is 4.79 Å². The van der Waals surface area contributed by atoms with E-state index in [1.165, 1.54) is 14.2 Å². The molecule has 1 fully saturated rings. The highest BCUT2D eigenvalue weighted by atomic mass is 16.7. The molecule has 0 spiro atoms. The third-order valence-electron chi connectivity index (χ3n) is 7.89. The van der Waals surface area contributed by atoms with Gasteiger partial charge < -0.3 is 28.8 Å². The monoisotopic (exact) mass is 521 g/mol. The number of esters is 1. The van der Waals surface area contributed by atoms with Crippen LogP contribution in [0.5, 0.6) is 28.7 Å². The molecular weight excluding hydrogens is 490 g/mol. The number of phenolic OH excluding ortho intramolecular Hbond substituents is 1. The highest BCUT2D eigenvalue weighted by Crippen LogP contribution is 2.56. The molecule has 200 valence electrons. The number of cyclic esters (lactones) is 1. The van der Waals surface area contributed by atoms with Crippen LogP contribution in [-0.2, 0) is 16.0 Å². The number of hydrogen-bond acceptors (Lipinski definition) is 9. The zero-order valence-electron chi connectivity index (χ0n) is 21.7. The standard InChI is InChI=1S/C28H31N3O7/c1-4-5-6-7-16-12-31(30-29-16)26-18-11-21-20(37-14-38-21)10-17(18)24(25-19(26)13-36-28(25)33)15-8-22(34-2)27(32)23(9-15)35-3/h8-12,19,24-26,32H,4-7,13-14H2,1-3H3/t19-,24+,25-,26+/m0/s1. The Morgan fingerprint density at radius 3 is 2.42 bits per heavy atom. The number of nitrogens with zero attached hydrogens (tertiary/aromatic N) is 3. The lowest BCUT2D eigenvalue weighted by molar-refractivity contribution is -0.141. The number of hydrogen-bond donors (Lipinski definition) is 1. The molecule has 1 N–H and O–H groups in total. The molecule has 1 aromatic heterocycles. The molecule has 4 atom stereocenters. The Kier molecular flexibility index (Phi) is 6.25. The maximum Gasteiger partial charge on any atom is 0.310 e. The molecule has 1 aliphatic carbocycles. The van der Waals surface area contributed by atoms with Crippen LogP contribution in [0.4, 0.5) is 0 Å². The number of unbranched alkanes of at least 4 members (excludes halogenated alkanes) is 2. The van der Waals surface area contributed by atoms with Gasteiger partial charge in [0.25, 0.3) is 0 Å². The fourth-order valence-electron chi connectivity index (χ4n) is 6.09. The summed E-state index contributed by atoms with van der Waals surface area (Å²) >= 11 is 0. The summed E-state index contributed by atoms with van der Waals surface area (Å²) in [7, 11) is 2.97. The van der Waals surface area contributed by atoms with Crippen molar-refractivity contribution in [3.8, 4) is 28.7 Å². The second kappa shape index (κ2) is 9.74. The van der Waals surface area contributed by atoms with Gasteiger partial charge in [0.05, 0.1) is 38.5 Å². The van der Waals surface area contributed by atoms with E-state index in [-0.39, 0.29) is 48.6 Å². The van der Waals surface area contributed by atoms with Gasteiger partial charge >= 0.3 is 5.97 Å². The van der Waals surface area contributed by atoms with E-state index in [0.29, 0.717) is 11.5 Å². The third kappa shape index (κ3) is 3.90. The van der Waals surface area contributed by atoms with E-state index in [9.17, 15) is 9.90 Å². The second-order valence-corrected chi connectivity index (χ2v) is 10.00. The van der Waals surface area contributed by atoms with Crippen LogP contribution < -0.4 is 18.9 Å². The summed E-state index contributed by atoms with van der Waals surface area (Å²) in [6.45, 7) is 2.57. The van der Waals surface area contributed by atoms with Crippen LogP contribution in [0.3, 0.4) is 0 Å². The Bertz CT molecular complexity index is 1350. The highest BCUT2D eigenvalue weighted by molar-refractivity contribution is 5.79. The molecule has 0 saturated carbocycles. The zero-order chi connectivity index (χ0) is 26.4. The van der Waals surface area contributed by atoms with Gasteiger partial charge in [-0.05, 0) is 53.8 Å². The summed E-state index contributed by atoms with van der Waals surface area (Å²) in [5.41, 5.74) is 3.56. The number of phenols is 1. The fraction of sp³-hybridized carbons (Fsp3) is 0.464. The van der Waals surface area contributed by atoms with Crippen molar-refractivity contribution in [1.82, 2.24) is 15.0 Å². The van der Waals surface area contributed by atoms with Gasteiger partial charge in [0.1, 0.15) is 0 Å². The first kappa shape index (κ1) is 24.4. The molecule has 6 rings (SSSR count). The van der Waals surface area contributed by atoms with Gasteiger partial charge in [-0.1, -0.05) is 25.0 Å². The average molecular weight is 522 g/mol. The van der Waals surface area contributed by atoms with E-state index >= 15 is 0 Å². The van der Waals surface area contributed by atoms with Crippen LogP contribution in [-0.4, -0.2) is 53.7 Å². The Labute approximate surface area is 220 Å². The minimum Gasteiger partial charge on any atom is -0.502 e. The van der Waals surface area contributed by atoms with E-state index in [4.69, 9.17) is 23.7 Å². The van der Waals surface area contributed by atoms with Crippen LogP contribution in [0.25, 0.3) is 0 Å². The summed E-state index contributed by atoms with van der Waals surface area (Å²) < 4.78 is 29.9. The van der Waals surface area contributed by atoms with E-state index in [1.54, 1.807) is 12.1 Å². The van der Waals surface area contributed by atoms with E-state index in [1.807, 2.05) is 23.0 Å². The summed E-state index contributed by atoms with van der Waals surface area (Å²) in [4.78, 5) is 13.3. The van der Waals surface area contributed by atoms with E-state index < -0.39 is 11.8 Å². The first-order valence-corrected chi connectivity index (χ1v) is 13.0. The van der Waals surface area contributed by atoms with Gasteiger partial charge in [0.2, 0.25) is 12.5 Å². The summed E-state index contributed by atoms with van der Waals surface area (Å²) in [5, 5.41) is 19.5. The van der Waals surface area contributed by atoms with Crippen LogP contribution in [0.1, 0.15) is 60.5 Å². The Morgan fingerprint density at radius 2 is 1.74 bits per heavy atom. The molecule has 2 aromatic carbocycles. The van der Waals surface area contributed by atoms with Crippen molar-refractivity contribution in [2.45, 2.75) is 44.6 Å². The Hall–Kier alpha value is -3.95. The number of carbonyl (C=O) groups excluding carboxylic acids is 1. The number of carbonyl (C=O) groups is 1. The van der Waals surface area contributed by atoms with Gasteiger partial charge in [-0.2, -0.15) is 0 Å². The Balaban J connectivity index is 1.52. The van der Waals surface area contributed by atoms with Crippen molar-refractivity contribution in [3.05, 3.63) is 52.8 Å². The first-order chi connectivity index (χ1) is 18.5. The predicted molar refractivity (Wildman–Crippen MR) is 135 cm³/mol. The van der Waals surface area contributed by atoms with E-state index in [0.717, 1.165) is 48.1 Å². The lowest BCUT2D eigenvalue weighted by atomic mass is 9.65. The maximum absolute atomic E-state index is 13.3. The molecule has 3 aliphatic rings. The number of benzene rings is 2. The number of ether oxygens (including phenoxy) is 5. The molecule has 10 nitrogen and oxygen atoms in total. The molecule has 10 heteroatoms. The predicted octanol–water partition coefficient (Wildman–Crippen LogP) is 3.99. The summed E-state index contributed by atoms with van der Waals surface area (Å²) in [6.07, 6.45) is 6.16. The first-order valence-electron chi connectivity index (χ1n) is 13.0. The van der Waals surface area contributed by atoms with Crippen molar-refractivity contribution in [2.75, 3.05) is 27.6 Å². The number of aryl methyl sites for hydroxylation is 1. The molecule has 0 radical (unpaired) electrons. The van der Waals surface area contributed by atoms with Gasteiger partial charge in [-0.15, -0.1) is 5.10 Å². The van der Waals surface area contributed by atoms with Crippen molar-refractivity contribution in [3.63, 3.8) is 0 Å². The highest BCUT2D eigenvalue weighted by Gasteiger charge is 2.53. The lowest BCUT2D eigenvalue weighted by Gasteiger charge is -2.39. The average Bonchev–Trinajstić information content (AvgIpc) is 3.67. The van der Waals surface area contributed by atoms with Gasteiger partial charge in [0.15, 0.2) is 23.0 Å². The second-order valence-electron chi connectivity index (χ2n) is 10.00. The van der Waals surface area contributed by atoms with Crippen LogP contribution >= 0.6 is 0 Å². The van der Waals surface area contributed by atoms with Crippen molar-refractivity contribution in [2.24, 2.45) is 11.8 Å². The normalized spacial score (nSPS) is 23.1. The molecule has 3 heterocycles.